The molecule has 0 aliphatic heterocycles. The first-order chi connectivity index (χ1) is 11.6. The van der Waals surface area contributed by atoms with Crippen molar-refractivity contribution in [3.63, 3.8) is 0 Å². The highest BCUT2D eigenvalue weighted by Gasteiger charge is 2.13. The van der Waals surface area contributed by atoms with E-state index < -0.39 is 0 Å². The molecule has 0 radical (unpaired) electrons. The number of benzene rings is 1. The average Bonchev–Trinajstić information content (AvgIpc) is 2.61. The van der Waals surface area contributed by atoms with Crippen molar-refractivity contribution in [3.8, 4) is 0 Å². The predicted octanol–water partition coefficient (Wildman–Crippen LogP) is 3.14. The van der Waals surface area contributed by atoms with Crippen LogP contribution in [-0.4, -0.2) is 40.9 Å². The molecule has 1 aromatic carbocycles. The van der Waals surface area contributed by atoms with Crippen LogP contribution in [0.3, 0.4) is 0 Å². The maximum Gasteiger partial charge on any atom is 0.273 e. The number of amides is 1. The SMILES string of the molecule is CCCCN(C)C(=O)c1cnc(NCCc2ccccc2F)cn1. The molecule has 128 valence electrons. The highest BCUT2D eigenvalue weighted by molar-refractivity contribution is 5.91. The van der Waals surface area contributed by atoms with Crippen LogP contribution in [0.4, 0.5) is 10.2 Å². The topological polar surface area (TPSA) is 58.1 Å². The summed E-state index contributed by atoms with van der Waals surface area (Å²) in [5.41, 5.74) is 0.982. The summed E-state index contributed by atoms with van der Waals surface area (Å²) in [7, 11) is 1.76. The van der Waals surface area contributed by atoms with Crippen LogP contribution in [0, 0.1) is 5.82 Å². The maximum atomic E-state index is 13.5. The van der Waals surface area contributed by atoms with E-state index in [1.807, 2.05) is 6.07 Å². The van der Waals surface area contributed by atoms with E-state index in [1.165, 1.54) is 18.5 Å². The summed E-state index contributed by atoms with van der Waals surface area (Å²) in [4.78, 5) is 22.2. The van der Waals surface area contributed by atoms with Crippen LogP contribution >= 0.6 is 0 Å². The Morgan fingerprint density at radius 1 is 1.25 bits per heavy atom. The number of nitrogens with one attached hydrogen (secondary N) is 1. The molecular weight excluding hydrogens is 307 g/mol. The van der Waals surface area contributed by atoms with Crippen LogP contribution in [0.25, 0.3) is 0 Å². The van der Waals surface area contributed by atoms with E-state index >= 15 is 0 Å². The molecule has 6 heteroatoms. The zero-order valence-electron chi connectivity index (χ0n) is 14.1. The maximum absolute atomic E-state index is 13.5. The lowest BCUT2D eigenvalue weighted by molar-refractivity contribution is 0.0787. The van der Waals surface area contributed by atoms with Gasteiger partial charge in [0.1, 0.15) is 17.3 Å². The third-order valence-corrected chi connectivity index (χ3v) is 3.72. The molecule has 2 rings (SSSR count). The second-order valence-corrected chi connectivity index (χ2v) is 5.64. The van der Waals surface area contributed by atoms with E-state index in [2.05, 4.69) is 22.2 Å². The van der Waals surface area contributed by atoms with Gasteiger partial charge >= 0.3 is 0 Å². The van der Waals surface area contributed by atoms with Gasteiger partial charge in [0.2, 0.25) is 0 Å². The van der Waals surface area contributed by atoms with Crippen molar-refractivity contribution in [2.24, 2.45) is 0 Å². The van der Waals surface area contributed by atoms with E-state index in [0.29, 0.717) is 36.6 Å². The predicted molar refractivity (Wildman–Crippen MR) is 92.5 cm³/mol. The van der Waals surface area contributed by atoms with Gasteiger partial charge in [-0.1, -0.05) is 31.5 Å². The highest BCUT2D eigenvalue weighted by Crippen LogP contribution is 2.08. The zero-order chi connectivity index (χ0) is 17.4. The lowest BCUT2D eigenvalue weighted by Crippen LogP contribution is -2.28. The molecular formula is C18H23FN4O. The number of halogens is 1. The fraction of sp³-hybridized carbons (Fsp3) is 0.389. The molecule has 1 N–H and O–H groups in total. The van der Waals surface area contributed by atoms with Crippen LogP contribution < -0.4 is 5.32 Å². The Balaban J connectivity index is 1.85. The third kappa shape index (κ3) is 5.01. The van der Waals surface area contributed by atoms with Crippen molar-refractivity contribution in [1.29, 1.82) is 0 Å². The van der Waals surface area contributed by atoms with Gasteiger partial charge in [0.25, 0.3) is 5.91 Å². The van der Waals surface area contributed by atoms with Crippen LogP contribution in [-0.2, 0) is 6.42 Å². The number of carbonyl (C=O) groups is 1. The minimum atomic E-state index is -0.207. The normalized spacial score (nSPS) is 10.5. The molecule has 0 unspecified atom stereocenters. The van der Waals surface area contributed by atoms with Gasteiger partial charge in [0.05, 0.1) is 12.4 Å². The van der Waals surface area contributed by atoms with Gasteiger partial charge < -0.3 is 10.2 Å². The molecule has 0 bridgehead atoms. The first kappa shape index (κ1) is 17.8. The number of aromatic nitrogens is 2. The molecule has 1 heterocycles. The first-order valence-corrected chi connectivity index (χ1v) is 8.16. The molecule has 0 atom stereocenters. The molecule has 2 aromatic rings. The lowest BCUT2D eigenvalue weighted by atomic mass is 10.1. The highest BCUT2D eigenvalue weighted by atomic mass is 19.1. The van der Waals surface area contributed by atoms with Crippen molar-refractivity contribution in [1.82, 2.24) is 14.9 Å². The molecule has 0 fully saturated rings. The summed E-state index contributed by atoms with van der Waals surface area (Å²) in [6, 6.07) is 6.69. The molecule has 0 saturated carbocycles. The van der Waals surface area contributed by atoms with E-state index in [1.54, 1.807) is 24.1 Å². The van der Waals surface area contributed by atoms with Gasteiger partial charge in [-0.2, -0.15) is 0 Å². The number of hydrogen-bond donors (Lipinski definition) is 1. The van der Waals surface area contributed by atoms with Crippen molar-refractivity contribution < 1.29 is 9.18 Å². The summed E-state index contributed by atoms with van der Waals surface area (Å²) in [5.74, 6) is 0.231. The van der Waals surface area contributed by atoms with E-state index in [0.717, 1.165) is 12.8 Å². The van der Waals surface area contributed by atoms with E-state index in [9.17, 15) is 9.18 Å². The first-order valence-electron chi connectivity index (χ1n) is 8.16. The van der Waals surface area contributed by atoms with Gasteiger partial charge in [0.15, 0.2) is 0 Å². The fourth-order valence-electron chi connectivity index (χ4n) is 2.25. The molecule has 0 saturated heterocycles. The Morgan fingerprint density at radius 2 is 2.04 bits per heavy atom. The second-order valence-electron chi connectivity index (χ2n) is 5.64. The molecule has 0 spiro atoms. The fourth-order valence-corrected chi connectivity index (χ4v) is 2.25. The van der Waals surface area contributed by atoms with Crippen molar-refractivity contribution in [3.05, 3.63) is 53.7 Å². The molecule has 0 aliphatic carbocycles. The minimum absolute atomic E-state index is 0.131. The number of carbonyl (C=O) groups excluding carboxylic acids is 1. The smallest absolute Gasteiger partial charge is 0.273 e. The summed E-state index contributed by atoms with van der Waals surface area (Å²) in [6.07, 6.45) is 5.55. The number of hydrogen-bond acceptors (Lipinski definition) is 4. The number of nitrogens with zero attached hydrogens (tertiary/aromatic N) is 3. The molecule has 1 aromatic heterocycles. The summed E-state index contributed by atoms with van der Waals surface area (Å²) in [6.45, 7) is 3.33. The van der Waals surface area contributed by atoms with Gasteiger partial charge in [-0.15, -0.1) is 0 Å². The summed E-state index contributed by atoms with van der Waals surface area (Å²) in [5, 5.41) is 3.08. The standard InChI is InChI=1S/C18H23FN4O/c1-3-4-11-23(2)18(24)16-12-22-17(13-21-16)20-10-9-14-7-5-6-8-15(14)19/h5-8,12-13H,3-4,9-11H2,1-2H3,(H,20,22). The summed E-state index contributed by atoms with van der Waals surface area (Å²) < 4.78 is 13.5. The quantitative estimate of drug-likeness (QED) is 0.808. The monoisotopic (exact) mass is 330 g/mol. The second kappa shape index (κ2) is 8.96. The third-order valence-electron chi connectivity index (χ3n) is 3.72. The Bertz CT molecular complexity index is 660. The van der Waals surface area contributed by atoms with Crippen LogP contribution in [0.15, 0.2) is 36.7 Å². The zero-order valence-corrected chi connectivity index (χ0v) is 14.1. The van der Waals surface area contributed by atoms with Gasteiger partial charge in [-0.05, 0) is 24.5 Å². The largest absolute Gasteiger partial charge is 0.368 e. The number of unbranched alkanes of at least 4 members (excludes halogenated alkanes) is 1. The summed E-state index contributed by atoms with van der Waals surface area (Å²) >= 11 is 0. The van der Waals surface area contributed by atoms with Crippen LogP contribution in [0.2, 0.25) is 0 Å². The molecule has 24 heavy (non-hydrogen) atoms. The van der Waals surface area contributed by atoms with Crippen LogP contribution in [0.1, 0.15) is 35.8 Å². The van der Waals surface area contributed by atoms with Crippen molar-refractivity contribution >= 4 is 11.7 Å². The molecule has 0 aliphatic rings. The number of anilines is 1. The van der Waals surface area contributed by atoms with Crippen molar-refractivity contribution in [2.75, 3.05) is 25.5 Å². The van der Waals surface area contributed by atoms with Gasteiger partial charge in [-0.25, -0.2) is 14.4 Å². The van der Waals surface area contributed by atoms with E-state index in [4.69, 9.17) is 0 Å². The minimum Gasteiger partial charge on any atom is -0.368 e. The van der Waals surface area contributed by atoms with Crippen LogP contribution in [0.5, 0.6) is 0 Å². The Kier molecular flexibility index (Phi) is 6.66. The van der Waals surface area contributed by atoms with E-state index in [-0.39, 0.29) is 11.7 Å². The van der Waals surface area contributed by atoms with Gasteiger partial charge in [-0.3, -0.25) is 4.79 Å². The molecule has 1 amide bonds. The number of rotatable bonds is 8. The lowest BCUT2D eigenvalue weighted by Gasteiger charge is -2.16. The molecule has 5 nitrogen and oxygen atoms in total. The Morgan fingerprint density at radius 3 is 2.71 bits per heavy atom. The van der Waals surface area contributed by atoms with Gasteiger partial charge in [0, 0.05) is 20.1 Å². The Hall–Kier alpha value is -2.50. The van der Waals surface area contributed by atoms with Crippen molar-refractivity contribution in [2.45, 2.75) is 26.2 Å². The Labute approximate surface area is 141 Å². The average molecular weight is 330 g/mol.